The van der Waals surface area contributed by atoms with E-state index in [4.69, 9.17) is 4.42 Å². The number of benzene rings is 2. The van der Waals surface area contributed by atoms with E-state index in [2.05, 4.69) is 43.2 Å². The lowest BCUT2D eigenvalue weighted by Gasteiger charge is -2.09. The van der Waals surface area contributed by atoms with Gasteiger partial charge in [0, 0.05) is 17.4 Å². The molecule has 0 saturated heterocycles. The van der Waals surface area contributed by atoms with Crippen LogP contribution in [0, 0.1) is 20.8 Å². The zero-order valence-electron chi connectivity index (χ0n) is 17.0. The molecule has 0 aliphatic rings. The van der Waals surface area contributed by atoms with Gasteiger partial charge in [0.25, 0.3) is 5.91 Å². The van der Waals surface area contributed by atoms with Crippen molar-refractivity contribution in [3.05, 3.63) is 87.7 Å². The maximum atomic E-state index is 12.6. The van der Waals surface area contributed by atoms with Crippen molar-refractivity contribution < 1.29 is 14.3 Å². The van der Waals surface area contributed by atoms with Crippen LogP contribution < -0.4 is 5.32 Å². The molecule has 2 aromatic heterocycles. The second-order valence-electron chi connectivity index (χ2n) is 7.33. The van der Waals surface area contributed by atoms with Gasteiger partial charge in [0.1, 0.15) is 11.5 Å². The second kappa shape index (κ2) is 8.16. The fraction of sp³-hybridized carbons (Fsp3) is 0.167. The summed E-state index contributed by atoms with van der Waals surface area (Å²) < 4.78 is 5.80. The van der Waals surface area contributed by atoms with Crippen LogP contribution in [0.4, 0.5) is 5.13 Å². The van der Waals surface area contributed by atoms with Crippen LogP contribution in [-0.2, 0) is 6.42 Å². The van der Waals surface area contributed by atoms with Crippen molar-refractivity contribution in [2.24, 2.45) is 0 Å². The first-order chi connectivity index (χ1) is 14.4. The number of nitrogens with one attached hydrogen (secondary N) is 1. The fourth-order valence-electron chi connectivity index (χ4n) is 3.56. The number of phenols is 1. The summed E-state index contributed by atoms with van der Waals surface area (Å²) in [5, 5.41) is 15.0. The largest absolute Gasteiger partial charge is 0.507 e. The Bertz CT molecular complexity index is 1200. The van der Waals surface area contributed by atoms with Gasteiger partial charge in [0.05, 0.1) is 5.69 Å². The van der Waals surface area contributed by atoms with Crippen molar-refractivity contribution in [1.29, 1.82) is 0 Å². The van der Waals surface area contributed by atoms with E-state index in [0.29, 0.717) is 22.8 Å². The van der Waals surface area contributed by atoms with Gasteiger partial charge >= 0.3 is 0 Å². The molecular formula is C24H22N2O3S. The van der Waals surface area contributed by atoms with Crippen LogP contribution in [0.2, 0.25) is 0 Å². The Morgan fingerprint density at radius 2 is 1.83 bits per heavy atom. The number of aryl methyl sites for hydroxylation is 3. The summed E-state index contributed by atoms with van der Waals surface area (Å²) in [6.45, 7) is 6.27. The highest BCUT2D eigenvalue weighted by Crippen LogP contribution is 2.31. The molecule has 152 valence electrons. The molecule has 2 aromatic carbocycles. The van der Waals surface area contributed by atoms with Crippen molar-refractivity contribution in [3.63, 3.8) is 0 Å². The number of aromatic hydroxyl groups is 1. The van der Waals surface area contributed by atoms with E-state index in [0.717, 1.165) is 5.76 Å². The molecule has 5 nitrogen and oxygen atoms in total. The minimum absolute atomic E-state index is 0.151. The van der Waals surface area contributed by atoms with Crippen LogP contribution in [0.1, 0.15) is 38.6 Å². The summed E-state index contributed by atoms with van der Waals surface area (Å²) in [5.41, 5.74) is 6.12. The molecule has 0 spiro atoms. The van der Waals surface area contributed by atoms with E-state index >= 15 is 0 Å². The summed E-state index contributed by atoms with van der Waals surface area (Å²) in [6.07, 6.45) is 0.639. The highest BCUT2D eigenvalue weighted by molar-refractivity contribution is 7.14. The zero-order chi connectivity index (χ0) is 21.3. The zero-order valence-corrected chi connectivity index (χ0v) is 17.8. The molecule has 0 radical (unpaired) electrons. The Morgan fingerprint density at radius 1 is 1.10 bits per heavy atom. The molecule has 2 N–H and O–H groups in total. The van der Waals surface area contributed by atoms with Crippen molar-refractivity contribution in [2.75, 3.05) is 5.32 Å². The molecular weight excluding hydrogens is 396 g/mol. The topological polar surface area (TPSA) is 75.4 Å². The molecule has 0 fully saturated rings. The van der Waals surface area contributed by atoms with Crippen LogP contribution in [0.3, 0.4) is 0 Å². The predicted molar refractivity (Wildman–Crippen MR) is 119 cm³/mol. The predicted octanol–water partition coefficient (Wildman–Crippen LogP) is 5.88. The summed E-state index contributed by atoms with van der Waals surface area (Å²) >= 11 is 1.29. The number of amides is 1. The first kappa shape index (κ1) is 19.9. The normalized spacial score (nSPS) is 10.9. The smallest absolute Gasteiger partial charge is 0.293 e. The Hall–Kier alpha value is -3.38. The van der Waals surface area contributed by atoms with Crippen LogP contribution in [0.15, 0.2) is 58.3 Å². The molecule has 6 heteroatoms. The number of rotatable bonds is 5. The summed E-state index contributed by atoms with van der Waals surface area (Å²) in [5.74, 6) is 0.783. The number of anilines is 1. The molecule has 0 atom stereocenters. The molecule has 4 rings (SSSR count). The van der Waals surface area contributed by atoms with Crippen LogP contribution in [-0.4, -0.2) is 16.0 Å². The average Bonchev–Trinajstić information content (AvgIpc) is 3.35. The minimum atomic E-state index is -0.350. The van der Waals surface area contributed by atoms with Crippen molar-refractivity contribution >= 4 is 22.4 Å². The maximum absolute atomic E-state index is 12.6. The Balaban J connectivity index is 1.47. The van der Waals surface area contributed by atoms with Gasteiger partial charge in [-0.25, -0.2) is 4.98 Å². The van der Waals surface area contributed by atoms with E-state index < -0.39 is 0 Å². The number of phenolic OH excluding ortho intramolecular Hbond substituents is 1. The van der Waals surface area contributed by atoms with Gasteiger partial charge in [-0.05, 0) is 61.7 Å². The highest BCUT2D eigenvalue weighted by Gasteiger charge is 2.16. The van der Waals surface area contributed by atoms with Crippen molar-refractivity contribution in [1.82, 2.24) is 4.98 Å². The number of thiazole rings is 1. The molecule has 2 heterocycles. The van der Waals surface area contributed by atoms with Crippen LogP contribution in [0.25, 0.3) is 11.3 Å². The van der Waals surface area contributed by atoms with Crippen LogP contribution in [0.5, 0.6) is 5.75 Å². The van der Waals surface area contributed by atoms with Crippen molar-refractivity contribution in [3.8, 4) is 17.0 Å². The standard InChI is InChI=1S/C24H22N2O3S/c1-14-10-15(2)19(16(3)11-14)12-17-8-9-22(29-17)23(28)26-24-25-20(13-30-24)18-6-4-5-7-21(18)27/h4-11,13,27H,12H2,1-3H3,(H,25,26,28). The molecule has 0 saturated carbocycles. The van der Waals surface area contributed by atoms with Gasteiger partial charge in [-0.2, -0.15) is 0 Å². The summed E-state index contributed by atoms with van der Waals surface area (Å²) in [4.78, 5) is 17.0. The molecule has 0 bridgehead atoms. The third-order valence-electron chi connectivity index (χ3n) is 4.98. The number of nitrogens with zero attached hydrogens (tertiary/aromatic N) is 1. The average molecular weight is 419 g/mol. The lowest BCUT2D eigenvalue weighted by atomic mass is 9.97. The number of para-hydroxylation sites is 1. The maximum Gasteiger partial charge on any atom is 0.293 e. The first-order valence-corrected chi connectivity index (χ1v) is 10.5. The Morgan fingerprint density at radius 3 is 2.57 bits per heavy atom. The van der Waals surface area contributed by atoms with Gasteiger partial charge in [0.2, 0.25) is 0 Å². The van der Waals surface area contributed by atoms with Gasteiger partial charge in [-0.1, -0.05) is 29.8 Å². The van der Waals surface area contributed by atoms with Gasteiger partial charge in [0.15, 0.2) is 10.9 Å². The lowest BCUT2D eigenvalue weighted by molar-refractivity contribution is 0.0995. The highest BCUT2D eigenvalue weighted by atomic mass is 32.1. The molecule has 30 heavy (non-hydrogen) atoms. The molecule has 1 amide bonds. The number of carbonyl (C=O) groups excluding carboxylic acids is 1. The number of aromatic nitrogens is 1. The van der Waals surface area contributed by atoms with Gasteiger partial charge in [-0.15, -0.1) is 11.3 Å². The molecule has 0 aliphatic heterocycles. The summed E-state index contributed by atoms with van der Waals surface area (Å²) in [6, 6.07) is 14.8. The molecule has 0 unspecified atom stereocenters. The molecule has 0 aliphatic carbocycles. The molecule has 4 aromatic rings. The van der Waals surface area contributed by atoms with E-state index in [1.165, 1.54) is 33.6 Å². The minimum Gasteiger partial charge on any atom is -0.507 e. The van der Waals surface area contributed by atoms with Crippen LogP contribution >= 0.6 is 11.3 Å². The Labute approximate surface area is 179 Å². The monoisotopic (exact) mass is 418 g/mol. The van der Waals surface area contributed by atoms with E-state index in [9.17, 15) is 9.90 Å². The third kappa shape index (κ3) is 4.14. The van der Waals surface area contributed by atoms with Gasteiger partial charge < -0.3 is 9.52 Å². The number of furan rings is 1. The SMILES string of the molecule is Cc1cc(C)c(Cc2ccc(C(=O)Nc3nc(-c4ccccc4O)cs3)o2)c(C)c1. The second-order valence-corrected chi connectivity index (χ2v) is 8.19. The number of hydrogen-bond donors (Lipinski definition) is 2. The fourth-order valence-corrected chi connectivity index (χ4v) is 4.27. The number of hydrogen-bond acceptors (Lipinski definition) is 5. The first-order valence-electron chi connectivity index (χ1n) is 9.61. The van der Waals surface area contributed by atoms with Gasteiger partial charge in [-0.3, -0.25) is 10.1 Å². The summed E-state index contributed by atoms with van der Waals surface area (Å²) in [7, 11) is 0. The number of carbonyl (C=O) groups is 1. The lowest BCUT2D eigenvalue weighted by Crippen LogP contribution is -2.10. The quantitative estimate of drug-likeness (QED) is 0.424. The third-order valence-corrected chi connectivity index (χ3v) is 5.74. The van der Waals surface area contributed by atoms with Crippen molar-refractivity contribution in [2.45, 2.75) is 27.2 Å². The van der Waals surface area contributed by atoms with E-state index in [1.54, 1.807) is 29.6 Å². The Kier molecular flexibility index (Phi) is 5.42. The van der Waals surface area contributed by atoms with E-state index in [1.807, 2.05) is 12.1 Å². The van der Waals surface area contributed by atoms with E-state index in [-0.39, 0.29) is 17.4 Å².